The Morgan fingerprint density at radius 2 is 2.11 bits per heavy atom. The second-order valence-electron chi connectivity index (χ2n) is 7.20. The number of hydrazine groups is 1. The first-order chi connectivity index (χ1) is 13.6. The summed E-state index contributed by atoms with van der Waals surface area (Å²) in [6.45, 7) is 2.17. The molecule has 3 aliphatic rings. The van der Waals surface area contributed by atoms with E-state index in [0.717, 1.165) is 30.3 Å². The van der Waals surface area contributed by atoms with E-state index in [-0.39, 0.29) is 30.1 Å². The molecule has 2 unspecified atom stereocenters. The summed E-state index contributed by atoms with van der Waals surface area (Å²) in [4.78, 5) is 20.4. The normalized spacial score (nSPS) is 23.6. The number of carbonyl (C=O) groups is 1. The van der Waals surface area contributed by atoms with Crippen molar-refractivity contribution in [2.45, 2.75) is 18.5 Å². The topological polar surface area (TPSA) is 69.7 Å². The number of hydrogen-bond acceptors (Lipinski definition) is 5. The molecular weight excluding hydrogens is 368 g/mol. The highest BCUT2D eigenvalue weighted by atomic mass is 19.1. The Morgan fingerprint density at radius 3 is 3.00 bits per heavy atom. The SMILES string of the molecule is O=C1N(Cc2cc(F)ccc2F)CCN1c1ccc2c(n1)OCC1NNCC21. The quantitative estimate of drug-likeness (QED) is 0.840. The van der Waals surface area contributed by atoms with Crippen molar-refractivity contribution < 1.29 is 18.3 Å². The summed E-state index contributed by atoms with van der Waals surface area (Å²) < 4.78 is 33.1. The molecule has 2 amide bonds. The van der Waals surface area contributed by atoms with Crippen molar-refractivity contribution in [3.63, 3.8) is 0 Å². The first-order valence-corrected chi connectivity index (χ1v) is 9.22. The van der Waals surface area contributed by atoms with E-state index in [2.05, 4.69) is 15.8 Å². The van der Waals surface area contributed by atoms with E-state index < -0.39 is 11.6 Å². The highest BCUT2D eigenvalue weighted by molar-refractivity contribution is 5.93. The number of carbonyl (C=O) groups excluding carboxylic acids is 1. The molecule has 2 saturated heterocycles. The van der Waals surface area contributed by atoms with Crippen molar-refractivity contribution in [1.29, 1.82) is 0 Å². The maximum atomic E-state index is 13.9. The molecule has 7 nitrogen and oxygen atoms in total. The van der Waals surface area contributed by atoms with Gasteiger partial charge in [-0.05, 0) is 30.3 Å². The third-order valence-corrected chi connectivity index (χ3v) is 5.51. The molecule has 1 aromatic heterocycles. The molecule has 2 atom stereocenters. The molecule has 5 rings (SSSR count). The Labute approximate surface area is 160 Å². The van der Waals surface area contributed by atoms with Crippen LogP contribution < -0.4 is 20.5 Å². The van der Waals surface area contributed by atoms with Crippen molar-refractivity contribution in [2.24, 2.45) is 0 Å². The van der Waals surface area contributed by atoms with E-state index in [9.17, 15) is 13.6 Å². The predicted molar refractivity (Wildman–Crippen MR) is 96.9 cm³/mol. The molecule has 0 saturated carbocycles. The van der Waals surface area contributed by atoms with Crippen LogP contribution in [-0.4, -0.2) is 48.2 Å². The molecule has 4 heterocycles. The van der Waals surface area contributed by atoms with Crippen molar-refractivity contribution in [2.75, 3.05) is 31.1 Å². The van der Waals surface area contributed by atoms with Crippen molar-refractivity contribution in [3.8, 4) is 5.88 Å². The monoisotopic (exact) mass is 387 g/mol. The fourth-order valence-electron chi connectivity index (χ4n) is 4.00. The summed E-state index contributed by atoms with van der Waals surface area (Å²) in [5, 5.41) is 0. The van der Waals surface area contributed by atoms with Gasteiger partial charge in [0.25, 0.3) is 0 Å². The molecule has 0 bridgehead atoms. The van der Waals surface area contributed by atoms with Crippen molar-refractivity contribution in [3.05, 3.63) is 53.1 Å². The predicted octanol–water partition coefficient (Wildman–Crippen LogP) is 1.75. The number of ether oxygens (including phenoxy) is 1. The lowest BCUT2D eigenvalue weighted by Gasteiger charge is -2.27. The summed E-state index contributed by atoms with van der Waals surface area (Å²) in [5.41, 5.74) is 7.49. The maximum Gasteiger partial charge on any atom is 0.326 e. The standard InChI is InChI=1S/C19H19F2N5O2/c20-12-1-3-15(21)11(7-12)9-25-5-6-26(19(25)27)17-4-2-13-14-8-22-24-16(14)10-28-18(13)23-17/h1-4,7,14,16,22,24H,5-6,8-10H2. The third-order valence-electron chi connectivity index (χ3n) is 5.51. The van der Waals surface area contributed by atoms with Gasteiger partial charge < -0.3 is 9.64 Å². The summed E-state index contributed by atoms with van der Waals surface area (Å²) in [6, 6.07) is 6.95. The van der Waals surface area contributed by atoms with Crippen LogP contribution in [0.15, 0.2) is 30.3 Å². The Kier molecular flexibility index (Phi) is 4.13. The summed E-state index contributed by atoms with van der Waals surface area (Å²) in [6.07, 6.45) is 0. The number of hydrogen-bond donors (Lipinski definition) is 2. The number of aromatic nitrogens is 1. The lowest BCUT2D eigenvalue weighted by molar-refractivity contribution is 0.217. The van der Waals surface area contributed by atoms with Gasteiger partial charge in [-0.1, -0.05) is 0 Å². The number of fused-ring (bicyclic) bond motifs is 3. The minimum atomic E-state index is -0.527. The van der Waals surface area contributed by atoms with Crippen LogP contribution in [0.4, 0.5) is 19.4 Å². The van der Waals surface area contributed by atoms with E-state index in [4.69, 9.17) is 4.74 Å². The molecular formula is C19H19F2N5O2. The van der Waals surface area contributed by atoms with E-state index in [1.54, 1.807) is 0 Å². The van der Waals surface area contributed by atoms with Crippen LogP contribution in [0.1, 0.15) is 17.0 Å². The van der Waals surface area contributed by atoms with Gasteiger partial charge in [0.05, 0.1) is 12.6 Å². The van der Waals surface area contributed by atoms with Crippen LogP contribution in [0.5, 0.6) is 5.88 Å². The van der Waals surface area contributed by atoms with Gasteiger partial charge in [-0.3, -0.25) is 15.8 Å². The zero-order valence-corrected chi connectivity index (χ0v) is 15.0. The number of pyridine rings is 1. The molecule has 1 aromatic carbocycles. The molecule has 0 spiro atoms. The molecule has 2 fully saturated rings. The zero-order chi connectivity index (χ0) is 19.3. The molecule has 2 N–H and O–H groups in total. The van der Waals surface area contributed by atoms with Crippen LogP contribution >= 0.6 is 0 Å². The van der Waals surface area contributed by atoms with Crippen LogP contribution in [0, 0.1) is 11.6 Å². The Hall–Kier alpha value is -2.78. The smallest absolute Gasteiger partial charge is 0.326 e. The van der Waals surface area contributed by atoms with Gasteiger partial charge in [0.2, 0.25) is 5.88 Å². The van der Waals surface area contributed by atoms with E-state index in [1.165, 1.54) is 9.80 Å². The lowest BCUT2D eigenvalue weighted by Crippen LogP contribution is -2.39. The Morgan fingerprint density at radius 1 is 1.21 bits per heavy atom. The second kappa shape index (κ2) is 6.68. The van der Waals surface area contributed by atoms with Gasteiger partial charge in [-0.15, -0.1) is 0 Å². The Bertz CT molecular complexity index is 941. The highest BCUT2D eigenvalue weighted by Gasteiger charge is 2.37. The number of urea groups is 1. The van der Waals surface area contributed by atoms with Crippen molar-refractivity contribution >= 4 is 11.8 Å². The molecule has 2 aromatic rings. The summed E-state index contributed by atoms with van der Waals surface area (Å²) in [5.74, 6) is 0.283. The van der Waals surface area contributed by atoms with Crippen LogP contribution in [-0.2, 0) is 6.54 Å². The maximum absolute atomic E-state index is 13.9. The highest BCUT2D eigenvalue weighted by Crippen LogP contribution is 2.35. The minimum Gasteiger partial charge on any atom is -0.476 e. The molecule has 0 aliphatic carbocycles. The average molecular weight is 387 g/mol. The van der Waals surface area contributed by atoms with Gasteiger partial charge in [-0.2, -0.15) is 4.98 Å². The fraction of sp³-hybridized carbons (Fsp3) is 0.368. The number of amides is 2. The Balaban J connectivity index is 1.35. The lowest BCUT2D eigenvalue weighted by atomic mass is 9.92. The minimum absolute atomic E-state index is 0.0153. The van der Waals surface area contributed by atoms with E-state index in [0.29, 0.717) is 31.4 Å². The van der Waals surface area contributed by atoms with E-state index >= 15 is 0 Å². The number of nitrogens with zero attached hydrogens (tertiary/aromatic N) is 3. The van der Waals surface area contributed by atoms with E-state index in [1.807, 2.05) is 12.1 Å². The number of anilines is 1. The third kappa shape index (κ3) is 2.87. The average Bonchev–Trinajstić information content (AvgIpc) is 3.31. The van der Waals surface area contributed by atoms with Crippen molar-refractivity contribution in [1.82, 2.24) is 20.7 Å². The second-order valence-corrected chi connectivity index (χ2v) is 7.20. The van der Waals surface area contributed by atoms with Crippen LogP contribution in [0.2, 0.25) is 0 Å². The number of rotatable bonds is 3. The van der Waals surface area contributed by atoms with Gasteiger partial charge in [0.1, 0.15) is 24.1 Å². The molecule has 0 radical (unpaired) electrons. The van der Waals surface area contributed by atoms with Crippen LogP contribution in [0.3, 0.4) is 0 Å². The van der Waals surface area contributed by atoms with Gasteiger partial charge in [-0.25, -0.2) is 13.6 Å². The van der Waals surface area contributed by atoms with Crippen LogP contribution in [0.25, 0.3) is 0 Å². The first kappa shape index (κ1) is 17.3. The number of benzene rings is 1. The number of halogens is 2. The largest absolute Gasteiger partial charge is 0.476 e. The number of nitrogens with one attached hydrogen (secondary N) is 2. The summed E-state index contributed by atoms with van der Waals surface area (Å²) in [7, 11) is 0. The first-order valence-electron chi connectivity index (χ1n) is 9.22. The van der Waals surface area contributed by atoms with Gasteiger partial charge >= 0.3 is 6.03 Å². The zero-order valence-electron chi connectivity index (χ0n) is 15.0. The fourth-order valence-corrected chi connectivity index (χ4v) is 4.00. The van der Waals surface area contributed by atoms with Gasteiger partial charge in [0.15, 0.2) is 0 Å². The molecule has 3 aliphatic heterocycles. The summed E-state index contributed by atoms with van der Waals surface area (Å²) >= 11 is 0. The molecule has 28 heavy (non-hydrogen) atoms. The van der Waals surface area contributed by atoms with Gasteiger partial charge in [0, 0.05) is 36.7 Å². The molecule has 9 heteroatoms. The molecule has 146 valence electrons.